The zero-order valence-electron chi connectivity index (χ0n) is 15.7. The van der Waals surface area contributed by atoms with Crippen molar-refractivity contribution in [2.45, 2.75) is 31.9 Å². The molecular formula is C20H25NO5S. The van der Waals surface area contributed by atoms with Crippen molar-refractivity contribution >= 4 is 32.5 Å². The Morgan fingerprint density at radius 1 is 1.07 bits per heavy atom. The van der Waals surface area contributed by atoms with Crippen molar-refractivity contribution in [2.24, 2.45) is 5.92 Å². The number of amides is 1. The maximum absolute atomic E-state index is 12.1. The van der Waals surface area contributed by atoms with Crippen LogP contribution in [0.15, 0.2) is 42.5 Å². The van der Waals surface area contributed by atoms with Crippen LogP contribution in [0, 0.1) is 5.92 Å². The molecule has 0 fully saturated rings. The van der Waals surface area contributed by atoms with Crippen LogP contribution in [0.25, 0.3) is 10.8 Å². The highest BCUT2D eigenvalue weighted by Crippen LogP contribution is 2.21. The SMILES string of the molecule is CC(C)(C)S(=O)(=O)CC(=O)NCC(Cc1cccc2ccccc12)C(=O)O. The van der Waals surface area contributed by atoms with Gasteiger partial charge in [0.15, 0.2) is 9.84 Å². The summed E-state index contributed by atoms with van der Waals surface area (Å²) in [6.07, 6.45) is 0.239. The molecule has 6 nitrogen and oxygen atoms in total. The molecule has 0 aliphatic rings. The Morgan fingerprint density at radius 2 is 1.70 bits per heavy atom. The van der Waals surface area contributed by atoms with E-state index < -0.39 is 38.1 Å². The quantitative estimate of drug-likeness (QED) is 0.755. The number of carboxylic acids is 1. The van der Waals surface area contributed by atoms with Gasteiger partial charge in [0.1, 0.15) is 5.75 Å². The standard InChI is InChI=1S/C20H25NO5S/c1-20(2,3)27(25,26)13-18(22)21-12-16(19(23)24)11-15-9-6-8-14-7-4-5-10-17(14)15/h4-10,16H,11-13H2,1-3H3,(H,21,22)(H,23,24). The summed E-state index contributed by atoms with van der Waals surface area (Å²) in [5, 5.41) is 14.0. The second kappa shape index (κ2) is 8.08. The number of hydrogen-bond donors (Lipinski definition) is 2. The Labute approximate surface area is 159 Å². The second-order valence-electron chi connectivity index (χ2n) is 7.55. The lowest BCUT2D eigenvalue weighted by Gasteiger charge is -2.19. The summed E-state index contributed by atoms with van der Waals surface area (Å²) in [5.74, 6) is -3.23. The molecule has 1 unspecified atom stereocenters. The summed E-state index contributed by atoms with van der Waals surface area (Å²) in [6.45, 7) is 4.44. The van der Waals surface area contributed by atoms with E-state index >= 15 is 0 Å². The highest BCUT2D eigenvalue weighted by atomic mass is 32.2. The molecule has 146 valence electrons. The number of carbonyl (C=O) groups excluding carboxylic acids is 1. The zero-order chi connectivity index (χ0) is 20.2. The van der Waals surface area contributed by atoms with E-state index in [0.717, 1.165) is 16.3 Å². The number of carboxylic acid groups (broad SMARTS) is 1. The van der Waals surface area contributed by atoms with Crippen molar-refractivity contribution in [1.29, 1.82) is 0 Å². The summed E-state index contributed by atoms with van der Waals surface area (Å²) >= 11 is 0. The molecule has 2 aromatic carbocycles. The van der Waals surface area contributed by atoms with Crippen LogP contribution in [0.4, 0.5) is 0 Å². The lowest BCUT2D eigenvalue weighted by molar-refractivity contribution is -0.141. The van der Waals surface area contributed by atoms with E-state index in [1.807, 2.05) is 42.5 Å². The fourth-order valence-corrected chi connectivity index (χ4v) is 3.54. The smallest absolute Gasteiger partial charge is 0.308 e. The van der Waals surface area contributed by atoms with Crippen molar-refractivity contribution in [2.75, 3.05) is 12.3 Å². The zero-order valence-corrected chi connectivity index (χ0v) is 16.5. The molecule has 27 heavy (non-hydrogen) atoms. The van der Waals surface area contributed by atoms with Gasteiger partial charge in [-0.15, -0.1) is 0 Å². The second-order valence-corrected chi connectivity index (χ2v) is 10.3. The van der Waals surface area contributed by atoms with Gasteiger partial charge >= 0.3 is 5.97 Å². The van der Waals surface area contributed by atoms with E-state index in [1.54, 1.807) is 0 Å². The van der Waals surface area contributed by atoms with Gasteiger partial charge in [0, 0.05) is 6.54 Å². The Hall–Kier alpha value is -2.41. The van der Waals surface area contributed by atoms with E-state index in [0.29, 0.717) is 0 Å². The number of fused-ring (bicyclic) bond motifs is 1. The van der Waals surface area contributed by atoms with Crippen LogP contribution in [0.1, 0.15) is 26.3 Å². The molecule has 1 amide bonds. The van der Waals surface area contributed by atoms with Gasteiger partial charge in [0.05, 0.1) is 10.7 Å². The number of hydrogen-bond acceptors (Lipinski definition) is 4. The summed E-state index contributed by atoms with van der Waals surface area (Å²) in [4.78, 5) is 23.6. The van der Waals surface area contributed by atoms with Gasteiger partial charge in [-0.25, -0.2) is 8.42 Å². The van der Waals surface area contributed by atoms with Gasteiger partial charge in [-0.1, -0.05) is 42.5 Å². The molecule has 0 aliphatic heterocycles. The molecule has 7 heteroatoms. The largest absolute Gasteiger partial charge is 0.481 e. The summed E-state index contributed by atoms with van der Waals surface area (Å²) in [5.41, 5.74) is 0.872. The average Bonchev–Trinajstić information content (AvgIpc) is 2.57. The molecule has 0 radical (unpaired) electrons. The summed E-state index contributed by atoms with van der Waals surface area (Å²) in [6, 6.07) is 13.4. The number of nitrogens with one attached hydrogen (secondary N) is 1. The molecule has 0 saturated heterocycles. The van der Waals surface area contributed by atoms with E-state index in [9.17, 15) is 23.1 Å². The highest BCUT2D eigenvalue weighted by molar-refractivity contribution is 7.93. The van der Waals surface area contributed by atoms with Crippen molar-refractivity contribution in [3.63, 3.8) is 0 Å². The van der Waals surface area contributed by atoms with Gasteiger partial charge in [-0.05, 0) is 43.5 Å². The van der Waals surface area contributed by atoms with Crippen LogP contribution < -0.4 is 5.32 Å². The number of carbonyl (C=O) groups is 2. The molecule has 0 aliphatic carbocycles. The third-order valence-electron chi connectivity index (χ3n) is 4.50. The normalized spacial score (nSPS) is 13.3. The molecule has 1 atom stereocenters. The Morgan fingerprint density at radius 3 is 2.33 bits per heavy atom. The lowest BCUT2D eigenvalue weighted by atomic mass is 9.95. The molecule has 0 aromatic heterocycles. The minimum Gasteiger partial charge on any atom is -0.481 e. The lowest BCUT2D eigenvalue weighted by Crippen LogP contribution is -2.41. The van der Waals surface area contributed by atoms with Gasteiger partial charge in [0.2, 0.25) is 5.91 Å². The maximum atomic E-state index is 12.1. The molecule has 2 aromatic rings. The van der Waals surface area contributed by atoms with Crippen LogP contribution in [0.3, 0.4) is 0 Å². The van der Waals surface area contributed by atoms with Crippen LogP contribution >= 0.6 is 0 Å². The third-order valence-corrected chi connectivity index (χ3v) is 7.00. The van der Waals surface area contributed by atoms with Crippen LogP contribution in [0.2, 0.25) is 0 Å². The number of benzene rings is 2. The van der Waals surface area contributed by atoms with E-state index in [-0.39, 0.29) is 13.0 Å². The molecule has 0 heterocycles. The molecule has 0 spiro atoms. The number of sulfone groups is 1. The topological polar surface area (TPSA) is 101 Å². The molecule has 2 rings (SSSR count). The van der Waals surface area contributed by atoms with E-state index in [1.165, 1.54) is 20.8 Å². The van der Waals surface area contributed by atoms with Crippen molar-refractivity contribution in [3.8, 4) is 0 Å². The van der Waals surface area contributed by atoms with Crippen LogP contribution in [0.5, 0.6) is 0 Å². The first-order chi connectivity index (χ1) is 12.5. The van der Waals surface area contributed by atoms with Crippen molar-refractivity contribution < 1.29 is 23.1 Å². The highest BCUT2D eigenvalue weighted by Gasteiger charge is 2.31. The fourth-order valence-electron chi connectivity index (χ4n) is 2.66. The molecule has 0 saturated carbocycles. The summed E-state index contributed by atoms with van der Waals surface area (Å²) in [7, 11) is -3.61. The Kier molecular flexibility index (Phi) is 6.26. The predicted octanol–water partition coefficient (Wildman–Crippen LogP) is 2.41. The monoisotopic (exact) mass is 391 g/mol. The van der Waals surface area contributed by atoms with Crippen molar-refractivity contribution in [3.05, 3.63) is 48.0 Å². The van der Waals surface area contributed by atoms with Gasteiger partial charge < -0.3 is 10.4 Å². The van der Waals surface area contributed by atoms with Crippen LogP contribution in [-0.4, -0.2) is 42.4 Å². The molecule has 2 N–H and O–H groups in total. The van der Waals surface area contributed by atoms with Gasteiger partial charge in [0.25, 0.3) is 0 Å². The molecule has 0 bridgehead atoms. The predicted molar refractivity (Wildman–Crippen MR) is 105 cm³/mol. The molecular weight excluding hydrogens is 366 g/mol. The van der Waals surface area contributed by atoms with Gasteiger partial charge in [-0.3, -0.25) is 9.59 Å². The third kappa shape index (κ3) is 5.29. The Balaban J connectivity index is 2.08. The first kappa shape index (κ1) is 20.9. The summed E-state index contributed by atoms with van der Waals surface area (Å²) < 4.78 is 23.2. The van der Waals surface area contributed by atoms with E-state index in [2.05, 4.69) is 5.32 Å². The number of rotatable bonds is 7. The first-order valence-corrected chi connectivity index (χ1v) is 10.3. The Bertz CT molecular complexity index is 939. The first-order valence-electron chi connectivity index (χ1n) is 8.70. The number of aliphatic carboxylic acids is 1. The fraction of sp³-hybridized carbons (Fsp3) is 0.400. The average molecular weight is 391 g/mol. The minimum absolute atomic E-state index is 0.128. The van der Waals surface area contributed by atoms with Crippen molar-refractivity contribution in [1.82, 2.24) is 5.32 Å². The van der Waals surface area contributed by atoms with E-state index in [4.69, 9.17) is 0 Å². The maximum Gasteiger partial charge on any atom is 0.308 e. The van der Waals surface area contributed by atoms with Gasteiger partial charge in [-0.2, -0.15) is 0 Å². The van der Waals surface area contributed by atoms with Crippen LogP contribution in [-0.2, 0) is 25.8 Å². The minimum atomic E-state index is -3.61.